The Morgan fingerprint density at radius 2 is 1.96 bits per heavy atom. The summed E-state index contributed by atoms with van der Waals surface area (Å²) in [5, 5.41) is 21.4. The third-order valence-electron chi connectivity index (χ3n) is 4.24. The van der Waals surface area contributed by atoms with Crippen LogP contribution in [0.1, 0.15) is 10.4 Å². The number of phenolic OH excluding ortho intramolecular Hbond substituents is 1. The van der Waals surface area contributed by atoms with Gasteiger partial charge in [-0.05, 0) is 36.4 Å². The Morgan fingerprint density at radius 1 is 1.14 bits per heavy atom. The van der Waals surface area contributed by atoms with Gasteiger partial charge in [-0.15, -0.1) is 10.2 Å². The highest BCUT2D eigenvalue weighted by molar-refractivity contribution is 6.30. The number of hydrogen-bond donors (Lipinski definition) is 2. The number of hydrogen-bond acceptors (Lipinski definition) is 5. The van der Waals surface area contributed by atoms with E-state index in [2.05, 4.69) is 15.5 Å². The topological polar surface area (TPSA) is 88.8 Å². The first kappa shape index (κ1) is 17.8. The maximum absolute atomic E-state index is 12.8. The molecule has 140 valence electrons. The van der Waals surface area contributed by atoms with Crippen LogP contribution in [0.5, 0.6) is 11.5 Å². The fourth-order valence-corrected chi connectivity index (χ4v) is 3.07. The second-order valence-electron chi connectivity index (χ2n) is 5.95. The van der Waals surface area contributed by atoms with E-state index in [1.807, 2.05) is 24.3 Å². The quantitative estimate of drug-likeness (QED) is 0.510. The fraction of sp³-hybridized carbons (Fsp3) is 0.0500. The summed E-state index contributed by atoms with van der Waals surface area (Å²) in [6.45, 7) is 0. The van der Waals surface area contributed by atoms with E-state index in [-0.39, 0.29) is 11.4 Å². The molecule has 0 radical (unpaired) electrons. The second kappa shape index (κ2) is 7.21. The summed E-state index contributed by atoms with van der Waals surface area (Å²) in [4.78, 5) is 12.8. The lowest BCUT2D eigenvalue weighted by atomic mass is 10.2. The van der Waals surface area contributed by atoms with E-state index in [1.54, 1.807) is 35.9 Å². The predicted molar refractivity (Wildman–Crippen MR) is 106 cm³/mol. The SMILES string of the molecule is COc1ccccc1-c1nnc2c(C(=O)Nc3ccc(Cl)cc3O)cccn12. The van der Waals surface area contributed by atoms with Crippen LogP contribution >= 0.6 is 11.6 Å². The van der Waals surface area contributed by atoms with Gasteiger partial charge in [0.2, 0.25) is 0 Å². The Kier molecular flexibility index (Phi) is 4.58. The van der Waals surface area contributed by atoms with Crippen molar-refractivity contribution in [1.82, 2.24) is 14.6 Å². The van der Waals surface area contributed by atoms with Crippen molar-refractivity contribution in [3.63, 3.8) is 0 Å². The van der Waals surface area contributed by atoms with E-state index in [0.717, 1.165) is 5.56 Å². The fourth-order valence-electron chi connectivity index (χ4n) is 2.91. The number of methoxy groups -OCH3 is 1. The third kappa shape index (κ3) is 3.12. The molecule has 0 saturated heterocycles. The monoisotopic (exact) mass is 394 g/mol. The number of fused-ring (bicyclic) bond motifs is 1. The van der Waals surface area contributed by atoms with E-state index in [4.69, 9.17) is 16.3 Å². The van der Waals surface area contributed by atoms with Gasteiger partial charge < -0.3 is 15.2 Å². The number of anilines is 1. The van der Waals surface area contributed by atoms with Crippen molar-refractivity contribution in [1.29, 1.82) is 0 Å². The Labute approximate surface area is 165 Å². The minimum atomic E-state index is -0.429. The van der Waals surface area contributed by atoms with Crippen molar-refractivity contribution in [2.45, 2.75) is 0 Å². The third-order valence-corrected chi connectivity index (χ3v) is 4.47. The number of amides is 1. The van der Waals surface area contributed by atoms with Gasteiger partial charge in [0.15, 0.2) is 11.5 Å². The molecule has 4 aromatic rings. The van der Waals surface area contributed by atoms with Crippen LogP contribution in [-0.2, 0) is 0 Å². The number of carbonyl (C=O) groups excluding carboxylic acids is 1. The van der Waals surface area contributed by atoms with E-state index in [1.165, 1.54) is 12.1 Å². The van der Waals surface area contributed by atoms with Gasteiger partial charge in [-0.3, -0.25) is 9.20 Å². The molecule has 0 spiro atoms. The highest BCUT2D eigenvalue weighted by atomic mass is 35.5. The molecule has 0 aliphatic heterocycles. The van der Waals surface area contributed by atoms with Crippen LogP contribution in [-0.4, -0.2) is 32.7 Å². The summed E-state index contributed by atoms with van der Waals surface area (Å²) in [5.74, 6) is 0.653. The number of ether oxygens (including phenoxy) is 1. The number of benzene rings is 2. The smallest absolute Gasteiger partial charge is 0.259 e. The first-order valence-corrected chi connectivity index (χ1v) is 8.73. The summed E-state index contributed by atoms with van der Waals surface area (Å²) in [5.41, 5.74) is 1.70. The molecular weight excluding hydrogens is 380 g/mol. The van der Waals surface area contributed by atoms with Gasteiger partial charge in [0.25, 0.3) is 5.91 Å². The second-order valence-corrected chi connectivity index (χ2v) is 6.39. The predicted octanol–water partition coefficient (Wildman–Crippen LogP) is 4.02. The largest absolute Gasteiger partial charge is 0.506 e. The number of rotatable bonds is 4. The molecule has 2 N–H and O–H groups in total. The van der Waals surface area contributed by atoms with Gasteiger partial charge in [0.05, 0.1) is 23.9 Å². The molecule has 2 aromatic heterocycles. The highest BCUT2D eigenvalue weighted by Gasteiger charge is 2.18. The minimum absolute atomic E-state index is 0.121. The lowest BCUT2D eigenvalue weighted by Gasteiger charge is -2.09. The molecule has 8 heteroatoms. The summed E-state index contributed by atoms with van der Waals surface area (Å²) < 4.78 is 7.12. The number of carbonyl (C=O) groups is 1. The maximum Gasteiger partial charge on any atom is 0.259 e. The molecule has 7 nitrogen and oxygen atoms in total. The molecule has 28 heavy (non-hydrogen) atoms. The number of halogens is 1. The summed E-state index contributed by atoms with van der Waals surface area (Å²) in [7, 11) is 1.58. The van der Waals surface area contributed by atoms with Crippen LogP contribution in [0.4, 0.5) is 5.69 Å². The van der Waals surface area contributed by atoms with Gasteiger partial charge in [-0.1, -0.05) is 23.7 Å². The molecule has 0 aliphatic carbocycles. The van der Waals surface area contributed by atoms with Crippen LogP contribution in [0.2, 0.25) is 5.02 Å². The number of phenols is 1. The number of nitrogens with zero attached hydrogens (tertiary/aromatic N) is 3. The van der Waals surface area contributed by atoms with E-state index in [9.17, 15) is 9.90 Å². The lowest BCUT2D eigenvalue weighted by molar-refractivity contribution is 0.102. The molecule has 4 rings (SSSR count). The number of aromatic hydroxyl groups is 1. The number of para-hydroxylation sites is 1. The molecular formula is C20H15ClN4O3. The summed E-state index contributed by atoms with van der Waals surface area (Å²) in [6, 6.07) is 15.3. The van der Waals surface area contributed by atoms with E-state index in [0.29, 0.717) is 27.8 Å². The number of nitrogens with one attached hydrogen (secondary N) is 1. The van der Waals surface area contributed by atoms with Gasteiger partial charge in [-0.25, -0.2) is 0 Å². The highest BCUT2D eigenvalue weighted by Crippen LogP contribution is 2.30. The Hall–Kier alpha value is -3.58. The van der Waals surface area contributed by atoms with Crippen LogP contribution < -0.4 is 10.1 Å². The Morgan fingerprint density at radius 3 is 2.75 bits per heavy atom. The first-order chi connectivity index (χ1) is 13.6. The van der Waals surface area contributed by atoms with Crippen LogP contribution in [0.25, 0.3) is 17.0 Å². The maximum atomic E-state index is 12.8. The zero-order valence-corrected chi connectivity index (χ0v) is 15.5. The Balaban J connectivity index is 1.75. The molecule has 1 amide bonds. The van der Waals surface area contributed by atoms with Gasteiger partial charge in [0, 0.05) is 17.3 Å². The van der Waals surface area contributed by atoms with Crippen LogP contribution in [0, 0.1) is 0 Å². The van der Waals surface area contributed by atoms with Gasteiger partial charge in [-0.2, -0.15) is 0 Å². The molecule has 0 atom stereocenters. The molecule has 0 saturated carbocycles. The summed E-state index contributed by atoms with van der Waals surface area (Å²) in [6.07, 6.45) is 1.77. The molecule has 2 heterocycles. The standard InChI is InChI=1S/C20H15ClN4O3/c1-28-17-7-3-2-5-13(17)18-23-24-19-14(6-4-10-25(18)19)20(27)22-15-9-8-12(21)11-16(15)26/h2-11,26H,1H3,(H,22,27). The molecule has 0 bridgehead atoms. The normalized spacial score (nSPS) is 10.8. The lowest BCUT2D eigenvalue weighted by Crippen LogP contribution is -2.13. The van der Waals surface area contributed by atoms with Crippen molar-refractivity contribution in [3.8, 4) is 22.9 Å². The minimum Gasteiger partial charge on any atom is -0.506 e. The van der Waals surface area contributed by atoms with E-state index >= 15 is 0 Å². The zero-order chi connectivity index (χ0) is 19.7. The molecule has 2 aromatic carbocycles. The molecule has 0 unspecified atom stereocenters. The average Bonchev–Trinajstić information content (AvgIpc) is 3.14. The summed E-state index contributed by atoms with van der Waals surface area (Å²) >= 11 is 5.83. The van der Waals surface area contributed by atoms with Gasteiger partial charge >= 0.3 is 0 Å². The van der Waals surface area contributed by atoms with Crippen molar-refractivity contribution in [2.75, 3.05) is 12.4 Å². The number of pyridine rings is 1. The molecule has 0 fully saturated rings. The van der Waals surface area contributed by atoms with Crippen molar-refractivity contribution in [3.05, 3.63) is 71.4 Å². The van der Waals surface area contributed by atoms with Crippen LogP contribution in [0.15, 0.2) is 60.8 Å². The average molecular weight is 395 g/mol. The first-order valence-electron chi connectivity index (χ1n) is 8.35. The zero-order valence-electron chi connectivity index (χ0n) is 14.8. The van der Waals surface area contributed by atoms with Crippen LogP contribution in [0.3, 0.4) is 0 Å². The van der Waals surface area contributed by atoms with E-state index < -0.39 is 5.91 Å². The van der Waals surface area contributed by atoms with Crippen molar-refractivity contribution < 1.29 is 14.6 Å². The Bertz CT molecular complexity index is 1190. The number of aromatic nitrogens is 3. The van der Waals surface area contributed by atoms with Crippen molar-refractivity contribution >= 4 is 28.8 Å². The van der Waals surface area contributed by atoms with Gasteiger partial charge in [0.1, 0.15) is 11.5 Å². The van der Waals surface area contributed by atoms with Crippen molar-refractivity contribution in [2.24, 2.45) is 0 Å². The molecule has 0 aliphatic rings.